The summed E-state index contributed by atoms with van der Waals surface area (Å²) in [5.41, 5.74) is 17.0. The molecule has 0 aromatic heterocycles. The number of hydrogen-bond donors (Lipinski definition) is 2. The highest BCUT2D eigenvalue weighted by atomic mass is 79.9. The van der Waals surface area contributed by atoms with E-state index in [4.69, 9.17) is 38.4 Å². The van der Waals surface area contributed by atoms with Crippen LogP contribution in [0.1, 0.15) is 0 Å². The molecule has 0 fully saturated rings. The first kappa shape index (κ1) is 36.0. The van der Waals surface area contributed by atoms with E-state index in [1.165, 1.54) is 16.7 Å². The van der Waals surface area contributed by atoms with E-state index < -0.39 is 0 Å². The maximum atomic E-state index is 6.30. The lowest BCUT2D eigenvalue weighted by Gasteiger charge is -2.13. The Hall–Kier alpha value is -5.98. The molecule has 8 aromatic carbocycles. The molecule has 8 aromatic rings. The van der Waals surface area contributed by atoms with Crippen molar-refractivity contribution in [2.75, 3.05) is 11.1 Å². The largest absolute Gasteiger partial charge is 0.456 e. The molecular formula is C48H33BrCl2N2O2. The quantitative estimate of drug-likeness (QED) is 0.171. The summed E-state index contributed by atoms with van der Waals surface area (Å²) in [4.78, 5) is 0. The maximum absolute atomic E-state index is 6.30. The fourth-order valence-electron chi connectivity index (χ4n) is 6.60. The number of ether oxygens (including phenoxy) is 2. The summed E-state index contributed by atoms with van der Waals surface area (Å²) in [5, 5.41) is 4.72. The van der Waals surface area contributed by atoms with Crippen molar-refractivity contribution in [3.63, 3.8) is 0 Å². The van der Waals surface area contributed by atoms with Crippen molar-refractivity contribution in [3.8, 4) is 67.5 Å². The van der Waals surface area contributed by atoms with E-state index in [0.29, 0.717) is 15.7 Å². The van der Waals surface area contributed by atoms with Gasteiger partial charge in [-0.3, -0.25) is 0 Å². The second-order valence-electron chi connectivity index (χ2n) is 12.8. The number of anilines is 3. The van der Waals surface area contributed by atoms with Gasteiger partial charge in [0.25, 0.3) is 0 Å². The van der Waals surface area contributed by atoms with Gasteiger partial charge in [-0.2, -0.15) is 0 Å². The van der Waals surface area contributed by atoms with Gasteiger partial charge in [-0.05, 0) is 95.1 Å². The highest BCUT2D eigenvalue weighted by Crippen LogP contribution is 2.48. The van der Waals surface area contributed by atoms with Gasteiger partial charge in [0.1, 0.15) is 23.0 Å². The molecule has 3 N–H and O–H groups in total. The monoisotopic (exact) mass is 818 g/mol. The average molecular weight is 821 g/mol. The molecule has 10 rings (SSSR count). The molecule has 0 unspecified atom stereocenters. The van der Waals surface area contributed by atoms with Gasteiger partial charge in [-0.25, -0.2) is 0 Å². The van der Waals surface area contributed by atoms with Crippen LogP contribution in [0.25, 0.3) is 44.5 Å². The third-order valence-electron chi connectivity index (χ3n) is 9.21. The minimum atomic E-state index is 0.618. The van der Waals surface area contributed by atoms with Crippen LogP contribution in [0.2, 0.25) is 10.0 Å². The predicted molar refractivity (Wildman–Crippen MR) is 233 cm³/mol. The lowest BCUT2D eigenvalue weighted by atomic mass is 9.94. The van der Waals surface area contributed by atoms with Crippen LogP contribution in [-0.4, -0.2) is 0 Å². The molecule has 0 spiro atoms. The molecule has 4 nitrogen and oxygen atoms in total. The Morgan fingerprint density at radius 3 is 1.35 bits per heavy atom. The molecule has 0 atom stereocenters. The SMILES string of the molecule is Brc1ccc2c(c1)-c1ccccc1-c1ccccc1O2.Clc1ccccc1Nc1ccc2c(c1)-c1ccccc1-c1ccccc1O2.Nc1ccccc1Cl. The van der Waals surface area contributed by atoms with E-state index in [2.05, 4.69) is 94.0 Å². The normalized spacial score (nSPS) is 11.2. The van der Waals surface area contributed by atoms with Crippen LogP contribution >= 0.6 is 39.1 Å². The molecule has 2 heterocycles. The fourth-order valence-corrected chi connectivity index (χ4v) is 7.28. The van der Waals surface area contributed by atoms with Gasteiger partial charge in [-0.1, -0.05) is 148 Å². The number of nitrogen functional groups attached to an aromatic ring is 1. The highest BCUT2D eigenvalue weighted by molar-refractivity contribution is 9.10. The van der Waals surface area contributed by atoms with E-state index in [0.717, 1.165) is 66.7 Å². The maximum Gasteiger partial charge on any atom is 0.135 e. The Kier molecular flexibility index (Phi) is 10.6. The zero-order chi connectivity index (χ0) is 37.7. The molecule has 55 heavy (non-hydrogen) atoms. The van der Waals surface area contributed by atoms with Gasteiger partial charge in [0.05, 0.1) is 21.4 Å². The van der Waals surface area contributed by atoms with Gasteiger partial charge in [-0.15, -0.1) is 0 Å². The molecule has 0 radical (unpaired) electrons. The Balaban J connectivity index is 0.000000133. The fraction of sp³-hybridized carbons (Fsp3) is 0. The summed E-state index contributed by atoms with van der Waals surface area (Å²) in [6.45, 7) is 0. The Labute approximate surface area is 338 Å². The van der Waals surface area contributed by atoms with Gasteiger partial charge >= 0.3 is 0 Å². The number of halogens is 3. The van der Waals surface area contributed by atoms with E-state index in [9.17, 15) is 0 Å². The number of hydrogen-bond acceptors (Lipinski definition) is 4. The molecule has 2 aliphatic rings. The third kappa shape index (κ3) is 7.82. The van der Waals surface area contributed by atoms with Crippen molar-refractivity contribution in [2.24, 2.45) is 0 Å². The minimum Gasteiger partial charge on any atom is -0.456 e. The molecule has 2 aliphatic heterocycles. The van der Waals surface area contributed by atoms with Crippen molar-refractivity contribution in [2.45, 2.75) is 0 Å². The number of rotatable bonds is 2. The first-order valence-electron chi connectivity index (χ1n) is 17.6. The summed E-state index contributed by atoms with van der Waals surface area (Å²) in [7, 11) is 0. The molecule has 0 bridgehead atoms. The van der Waals surface area contributed by atoms with Crippen LogP contribution < -0.4 is 20.5 Å². The summed E-state index contributed by atoms with van der Waals surface area (Å²) in [6.07, 6.45) is 0. The summed E-state index contributed by atoms with van der Waals surface area (Å²) in [6, 6.07) is 60.4. The van der Waals surface area contributed by atoms with Crippen molar-refractivity contribution in [1.82, 2.24) is 0 Å². The minimum absolute atomic E-state index is 0.618. The van der Waals surface area contributed by atoms with Crippen molar-refractivity contribution in [1.29, 1.82) is 0 Å². The molecule has 268 valence electrons. The van der Waals surface area contributed by atoms with Crippen LogP contribution in [0, 0.1) is 0 Å². The first-order chi connectivity index (χ1) is 26.9. The Bertz CT molecular complexity index is 2640. The van der Waals surface area contributed by atoms with Gasteiger partial charge in [0.15, 0.2) is 0 Å². The number of nitrogens with one attached hydrogen (secondary N) is 1. The molecule has 0 saturated heterocycles. The van der Waals surface area contributed by atoms with Crippen LogP contribution in [-0.2, 0) is 0 Å². The van der Waals surface area contributed by atoms with E-state index >= 15 is 0 Å². The second-order valence-corrected chi connectivity index (χ2v) is 14.5. The van der Waals surface area contributed by atoms with Crippen molar-refractivity contribution < 1.29 is 9.47 Å². The lowest BCUT2D eigenvalue weighted by Crippen LogP contribution is -1.93. The zero-order valence-corrected chi connectivity index (χ0v) is 32.4. The predicted octanol–water partition coefficient (Wildman–Crippen LogP) is 15.3. The summed E-state index contributed by atoms with van der Waals surface area (Å²) >= 11 is 15.4. The molecule has 0 aliphatic carbocycles. The molecule has 0 saturated carbocycles. The zero-order valence-electron chi connectivity index (χ0n) is 29.3. The third-order valence-corrected chi connectivity index (χ3v) is 10.4. The Morgan fingerprint density at radius 2 is 0.818 bits per heavy atom. The lowest BCUT2D eigenvalue weighted by molar-refractivity contribution is 0.487. The van der Waals surface area contributed by atoms with Crippen LogP contribution in [0.3, 0.4) is 0 Å². The smallest absolute Gasteiger partial charge is 0.135 e. The van der Waals surface area contributed by atoms with Crippen molar-refractivity contribution >= 4 is 56.2 Å². The number of fused-ring (bicyclic) bond motifs is 10. The summed E-state index contributed by atoms with van der Waals surface area (Å²) < 4.78 is 13.4. The first-order valence-corrected chi connectivity index (χ1v) is 19.2. The molecule has 0 amide bonds. The highest BCUT2D eigenvalue weighted by Gasteiger charge is 2.21. The van der Waals surface area contributed by atoms with Crippen LogP contribution in [0.5, 0.6) is 23.0 Å². The average Bonchev–Trinajstić information content (AvgIpc) is 3.45. The van der Waals surface area contributed by atoms with E-state index in [1.54, 1.807) is 12.1 Å². The molecular weight excluding hydrogens is 787 g/mol. The van der Waals surface area contributed by atoms with Crippen LogP contribution in [0.15, 0.2) is 186 Å². The van der Waals surface area contributed by atoms with Gasteiger partial charge in [0, 0.05) is 32.4 Å². The van der Waals surface area contributed by atoms with Crippen LogP contribution in [0.4, 0.5) is 17.1 Å². The second kappa shape index (κ2) is 16.2. The van der Waals surface area contributed by atoms with Crippen molar-refractivity contribution in [3.05, 3.63) is 197 Å². The standard InChI is InChI=1S/C24H16ClNO.C18H11BrO.C6H6ClN/c25-21-10-4-5-11-22(21)26-16-13-14-24-20(15-16)18-8-2-1-7-17(18)19-9-3-6-12-23(19)27-24;19-12-9-10-18-16(11-12)14-6-2-1-5-13(14)15-7-3-4-8-17(15)20-18;7-5-3-1-2-4-6(5)8/h1-15,26H;1-11H;1-4H,8H2. The topological polar surface area (TPSA) is 56.5 Å². The number of para-hydroxylation sites is 4. The summed E-state index contributed by atoms with van der Waals surface area (Å²) in [5.74, 6) is 3.51. The Morgan fingerprint density at radius 1 is 0.400 bits per heavy atom. The van der Waals surface area contributed by atoms with E-state index in [1.807, 2.05) is 97.1 Å². The van der Waals surface area contributed by atoms with E-state index in [-0.39, 0.29) is 0 Å². The van der Waals surface area contributed by atoms with Gasteiger partial charge < -0.3 is 20.5 Å². The van der Waals surface area contributed by atoms with Gasteiger partial charge in [0.2, 0.25) is 0 Å². The molecule has 7 heteroatoms. The number of benzene rings is 8. The number of nitrogens with two attached hydrogens (primary N) is 1.